The van der Waals surface area contributed by atoms with E-state index in [0.29, 0.717) is 6.54 Å². The van der Waals surface area contributed by atoms with Crippen LogP contribution in [0.3, 0.4) is 0 Å². The fourth-order valence-corrected chi connectivity index (χ4v) is 4.04. The topological polar surface area (TPSA) is 69.6 Å². The molecule has 1 heterocycles. The molecule has 1 saturated carbocycles. The Kier molecular flexibility index (Phi) is 5.95. The van der Waals surface area contributed by atoms with E-state index >= 15 is 0 Å². The van der Waals surface area contributed by atoms with Gasteiger partial charge in [-0.3, -0.25) is 9.59 Å². The van der Waals surface area contributed by atoms with Crippen molar-refractivity contribution in [1.29, 1.82) is 0 Å². The van der Waals surface area contributed by atoms with Gasteiger partial charge in [0.15, 0.2) is 0 Å². The number of benzene rings is 1. The van der Waals surface area contributed by atoms with Gasteiger partial charge in [-0.15, -0.1) is 0 Å². The summed E-state index contributed by atoms with van der Waals surface area (Å²) in [6.07, 6.45) is 6.62. The zero-order valence-electron chi connectivity index (χ0n) is 14.7. The number of likely N-dealkylation sites (tertiary alicyclic amines) is 1. The van der Waals surface area contributed by atoms with Gasteiger partial charge < -0.3 is 15.3 Å². The number of phenolic OH excluding ortho intramolecular Hbond substituents is 1. The second-order valence-corrected chi connectivity index (χ2v) is 7.24. The van der Waals surface area contributed by atoms with E-state index < -0.39 is 0 Å². The molecule has 3 rings (SSSR count). The molecule has 2 fully saturated rings. The summed E-state index contributed by atoms with van der Waals surface area (Å²) in [5.74, 6) is 0.146. The van der Waals surface area contributed by atoms with Crippen molar-refractivity contribution in [3.8, 4) is 5.75 Å². The lowest BCUT2D eigenvalue weighted by Gasteiger charge is -2.32. The van der Waals surface area contributed by atoms with Gasteiger partial charge in [-0.2, -0.15) is 0 Å². The lowest BCUT2D eigenvalue weighted by Crippen LogP contribution is -2.45. The Hall–Kier alpha value is -2.04. The van der Waals surface area contributed by atoms with Gasteiger partial charge in [0.2, 0.25) is 11.8 Å². The number of aromatic hydroxyl groups is 1. The van der Waals surface area contributed by atoms with E-state index in [4.69, 9.17) is 0 Å². The highest BCUT2D eigenvalue weighted by molar-refractivity contribution is 5.88. The molecule has 1 aliphatic carbocycles. The highest BCUT2D eigenvalue weighted by Crippen LogP contribution is 2.32. The van der Waals surface area contributed by atoms with Crippen LogP contribution in [0, 0.1) is 11.8 Å². The van der Waals surface area contributed by atoms with Gasteiger partial charge in [0.1, 0.15) is 5.75 Å². The monoisotopic (exact) mass is 344 g/mol. The fraction of sp³-hybridized carbons (Fsp3) is 0.600. The molecule has 1 aromatic carbocycles. The van der Waals surface area contributed by atoms with Gasteiger partial charge in [-0.1, -0.05) is 25.0 Å². The third-order valence-corrected chi connectivity index (χ3v) is 5.49. The van der Waals surface area contributed by atoms with Crippen LogP contribution in [0.1, 0.15) is 44.1 Å². The number of nitrogens with one attached hydrogen (secondary N) is 1. The van der Waals surface area contributed by atoms with Gasteiger partial charge >= 0.3 is 0 Å². The zero-order valence-corrected chi connectivity index (χ0v) is 14.7. The van der Waals surface area contributed by atoms with Gasteiger partial charge in [0, 0.05) is 31.5 Å². The molecule has 5 nitrogen and oxygen atoms in total. The quantitative estimate of drug-likeness (QED) is 0.862. The fourth-order valence-electron chi connectivity index (χ4n) is 4.04. The number of phenols is 1. The molecule has 2 N–H and O–H groups in total. The lowest BCUT2D eigenvalue weighted by atomic mass is 9.78. The van der Waals surface area contributed by atoms with Gasteiger partial charge in [0.05, 0.1) is 0 Å². The average molecular weight is 344 g/mol. The van der Waals surface area contributed by atoms with E-state index in [1.54, 1.807) is 12.1 Å². The minimum Gasteiger partial charge on any atom is -0.508 e. The zero-order chi connectivity index (χ0) is 17.6. The third kappa shape index (κ3) is 4.53. The van der Waals surface area contributed by atoms with Crippen LogP contribution in [0.5, 0.6) is 5.75 Å². The molecular weight excluding hydrogens is 316 g/mol. The van der Waals surface area contributed by atoms with Crippen LogP contribution in [-0.4, -0.2) is 41.5 Å². The smallest absolute Gasteiger partial charge is 0.226 e. The third-order valence-electron chi connectivity index (χ3n) is 5.49. The maximum absolute atomic E-state index is 12.8. The molecule has 1 aromatic rings. The van der Waals surface area contributed by atoms with Gasteiger partial charge in [-0.25, -0.2) is 0 Å². The van der Waals surface area contributed by atoms with Crippen molar-refractivity contribution >= 4 is 11.8 Å². The van der Waals surface area contributed by atoms with E-state index in [1.165, 1.54) is 0 Å². The number of carbonyl (C=O) groups excluding carboxylic acids is 2. The second-order valence-electron chi connectivity index (χ2n) is 7.24. The largest absolute Gasteiger partial charge is 0.508 e. The summed E-state index contributed by atoms with van der Waals surface area (Å²) < 4.78 is 0. The van der Waals surface area contributed by atoms with Crippen LogP contribution in [0.15, 0.2) is 24.3 Å². The predicted molar refractivity (Wildman–Crippen MR) is 96.1 cm³/mol. The molecule has 0 aromatic heterocycles. The van der Waals surface area contributed by atoms with Crippen LogP contribution in [0.2, 0.25) is 0 Å². The maximum atomic E-state index is 12.8. The Morgan fingerprint density at radius 1 is 1.00 bits per heavy atom. The number of amides is 2. The molecule has 0 bridgehead atoms. The van der Waals surface area contributed by atoms with E-state index in [1.807, 2.05) is 17.0 Å². The number of nitrogens with zero attached hydrogens (tertiary/aromatic N) is 1. The molecule has 2 amide bonds. The molecule has 0 radical (unpaired) electrons. The van der Waals surface area contributed by atoms with Crippen molar-refractivity contribution in [1.82, 2.24) is 10.2 Å². The number of hydrogen-bond acceptors (Lipinski definition) is 3. The molecule has 2 atom stereocenters. The summed E-state index contributed by atoms with van der Waals surface area (Å²) in [5.41, 5.74) is 1.08. The molecule has 2 aliphatic rings. The van der Waals surface area contributed by atoms with Gasteiger partial charge in [0.25, 0.3) is 0 Å². The first kappa shape index (κ1) is 17.8. The van der Waals surface area contributed by atoms with Crippen molar-refractivity contribution in [2.75, 3.05) is 19.6 Å². The maximum Gasteiger partial charge on any atom is 0.226 e. The van der Waals surface area contributed by atoms with Crippen LogP contribution in [0.25, 0.3) is 0 Å². The summed E-state index contributed by atoms with van der Waals surface area (Å²) in [6, 6.07) is 7.04. The first-order valence-electron chi connectivity index (χ1n) is 9.49. The average Bonchev–Trinajstić information content (AvgIpc) is 3.17. The summed E-state index contributed by atoms with van der Waals surface area (Å²) in [7, 11) is 0. The Labute approximate surface area is 149 Å². The number of rotatable bonds is 5. The van der Waals surface area contributed by atoms with E-state index in [0.717, 1.165) is 63.6 Å². The number of hydrogen-bond donors (Lipinski definition) is 2. The minimum absolute atomic E-state index is 0.0241. The number of carbonyl (C=O) groups is 2. The van der Waals surface area contributed by atoms with Crippen LogP contribution < -0.4 is 5.32 Å². The highest BCUT2D eigenvalue weighted by atomic mass is 16.3. The Morgan fingerprint density at radius 3 is 2.32 bits per heavy atom. The second kappa shape index (κ2) is 8.37. The van der Waals surface area contributed by atoms with Crippen molar-refractivity contribution in [2.24, 2.45) is 11.8 Å². The van der Waals surface area contributed by atoms with Crippen molar-refractivity contribution in [3.63, 3.8) is 0 Å². The Morgan fingerprint density at radius 2 is 1.64 bits per heavy atom. The predicted octanol–water partition coefficient (Wildman–Crippen LogP) is 2.48. The minimum atomic E-state index is -0.179. The van der Waals surface area contributed by atoms with E-state index in [2.05, 4.69) is 5.32 Å². The molecular formula is C20H28N2O3. The van der Waals surface area contributed by atoms with E-state index in [-0.39, 0.29) is 29.4 Å². The van der Waals surface area contributed by atoms with Crippen molar-refractivity contribution in [2.45, 2.75) is 44.9 Å². The van der Waals surface area contributed by atoms with Gasteiger partial charge in [-0.05, 0) is 49.8 Å². The van der Waals surface area contributed by atoms with E-state index in [9.17, 15) is 14.7 Å². The Bertz CT molecular complexity index is 593. The van der Waals surface area contributed by atoms with Crippen molar-refractivity contribution < 1.29 is 14.7 Å². The molecule has 0 spiro atoms. The Balaban J connectivity index is 1.53. The normalized spacial score (nSPS) is 23.4. The highest BCUT2D eigenvalue weighted by Gasteiger charge is 2.38. The van der Waals surface area contributed by atoms with Crippen LogP contribution >= 0.6 is 0 Å². The molecule has 25 heavy (non-hydrogen) atoms. The lowest BCUT2D eigenvalue weighted by molar-refractivity contribution is -0.142. The van der Waals surface area contributed by atoms with Crippen LogP contribution in [0.4, 0.5) is 0 Å². The molecule has 1 aliphatic heterocycles. The SMILES string of the molecule is O=C(NCCc1ccc(O)cc1)[C@H]1CCCC[C@H]1C(=O)N1CCCC1. The van der Waals surface area contributed by atoms with Crippen molar-refractivity contribution in [3.05, 3.63) is 29.8 Å². The summed E-state index contributed by atoms with van der Waals surface area (Å²) in [6.45, 7) is 2.26. The summed E-state index contributed by atoms with van der Waals surface area (Å²) in [4.78, 5) is 27.4. The van der Waals surface area contributed by atoms with Crippen LogP contribution in [-0.2, 0) is 16.0 Å². The summed E-state index contributed by atoms with van der Waals surface area (Å²) in [5, 5.41) is 12.3. The molecule has 0 unspecified atom stereocenters. The first-order chi connectivity index (χ1) is 12.1. The molecule has 1 saturated heterocycles. The molecule has 136 valence electrons. The summed E-state index contributed by atoms with van der Waals surface area (Å²) >= 11 is 0. The standard InChI is InChI=1S/C20H28N2O3/c23-16-9-7-15(8-10-16)11-12-21-19(24)17-5-1-2-6-18(17)20(25)22-13-3-4-14-22/h7-10,17-18,23H,1-6,11-14H2,(H,21,24)/t17-,18+/m0/s1. The first-order valence-corrected chi connectivity index (χ1v) is 9.49. The molecule has 5 heteroatoms.